The van der Waals surface area contributed by atoms with Crippen LogP contribution >= 0.6 is 11.3 Å². The third kappa shape index (κ3) is 4.35. The molecular weight excluding hydrogens is 476 g/mol. The van der Waals surface area contributed by atoms with Gasteiger partial charge in [0.05, 0.1) is 52.3 Å². The van der Waals surface area contributed by atoms with E-state index in [1.165, 1.54) is 4.90 Å². The minimum absolute atomic E-state index is 0.0207. The Morgan fingerprint density at radius 3 is 2.64 bits per heavy atom. The zero-order valence-corrected chi connectivity index (χ0v) is 21.3. The van der Waals surface area contributed by atoms with Crippen LogP contribution in [-0.4, -0.2) is 42.9 Å². The van der Waals surface area contributed by atoms with E-state index in [2.05, 4.69) is 15.2 Å². The van der Waals surface area contributed by atoms with Gasteiger partial charge >= 0.3 is 0 Å². The molecule has 2 aliphatic heterocycles. The summed E-state index contributed by atoms with van der Waals surface area (Å²) < 4.78 is 5.19. The van der Waals surface area contributed by atoms with Crippen LogP contribution in [0.15, 0.2) is 47.8 Å². The van der Waals surface area contributed by atoms with Crippen LogP contribution in [0.25, 0.3) is 0 Å². The van der Waals surface area contributed by atoms with Gasteiger partial charge in [0.1, 0.15) is 5.75 Å². The van der Waals surface area contributed by atoms with Crippen molar-refractivity contribution in [1.29, 1.82) is 0 Å². The number of hydrogen-bond acceptors (Lipinski definition) is 7. The summed E-state index contributed by atoms with van der Waals surface area (Å²) >= 11 is 1.56. The van der Waals surface area contributed by atoms with Crippen LogP contribution in [-0.2, 0) is 4.79 Å². The average Bonchev–Trinajstić information content (AvgIpc) is 3.45. The lowest BCUT2D eigenvalue weighted by Gasteiger charge is -2.35. The first-order chi connectivity index (χ1) is 17.4. The molecule has 5 rings (SSSR count). The van der Waals surface area contributed by atoms with E-state index in [1.807, 2.05) is 25.3 Å². The Morgan fingerprint density at radius 1 is 1.17 bits per heavy atom. The van der Waals surface area contributed by atoms with Crippen LogP contribution in [0.5, 0.6) is 5.75 Å². The monoisotopic (exact) mass is 504 g/mol. The van der Waals surface area contributed by atoms with Crippen LogP contribution in [0.1, 0.15) is 57.2 Å². The molecule has 0 bridgehead atoms. The second-order valence-electron chi connectivity index (χ2n) is 9.15. The predicted octanol–water partition coefficient (Wildman–Crippen LogP) is 4.35. The van der Waals surface area contributed by atoms with Crippen LogP contribution in [0, 0.1) is 12.8 Å². The highest BCUT2D eigenvalue weighted by atomic mass is 32.1. The molecule has 1 fully saturated rings. The molecule has 1 aromatic heterocycles. The van der Waals surface area contributed by atoms with Gasteiger partial charge in [-0.05, 0) is 63.1 Å². The number of benzene rings is 2. The predicted molar refractivity (Wildman–Crippen MR) is 139 cm³/mol. The Kier molecular flexibility index (Phi) is 6.49. The van der Waals surface area contributed by atoms with Crippen molar-refractivity contribution < 1.29 is 19.1 Å². The molecule has 1 N–H and O–H groups in total. The van der Waals surface area contributed by atoms with Crippen LogP contribution in [0.3, 0.4) is 0 Å². The number of nitrogens with zero attached hydrogens (tertiary/aromatic N) is 3. The van der Waals surface area contributed by atoms with Crippen molar-refractivity contribution in [3.05, 3.63) is 69.7 Å². The number of piperidine rings is 1. The lowest BCUT2D eigenvalue weighted by molar-refractivity contribution is -0.125. The van der Waals surface area contributed by atoms with E-state index in [0.717, 1.165) is 23.5 Å². The standard InChI is InChI=1S/C27H28N4O4S/c1-16(22-15-36-17(2)29-22)28-25(32)18-6-5-13-30(14-18)23-8-4-7-21-24(23)27(34)31(26(21)33)19-9-11-20(35-3)12-10-19/h4,7-12,15-16,18H,5-6,13-14H2,1-3H3,(H,28,32). The van der Waals surface area contributed by atoms with Gasteiger partial charge in [-0.3, -0.25) is 14.4 Å². The molecule has 0 radical (unpaired) electrons. The molecule has 186 valence electrons. The van der Waals surface area contributed by atoms with Crippen molar-refractivity contribution in [2.45, 2.75) is 32.7 Å². The Balaban J connectivity index is 1.36. The summed E-state index contributed by atoms with van der Waals surface area (Å²) in [7, 11) is 1.57. The number of imide groups is 1. The maximum atomic E-state index is 13.5. The maximum Gasteiger partial charge on any atom is 0.268 e. The number of rotatable bonds is 6. The van der Waals surface area contributed by atoms with Gasteiger partial charge in [0.2, 0.25) is 5.91 Å². The van der Waals surface area contributed by atoms with E-state index in [9.17, 15) is 14.4 Å². The van der Waals surface area contributed by atoms with Gasteiger partial charge < -0.3 is 15.0 Å². The zero-order valence-electron chi connectivity index (χ0n) is 20.5. The van der Waals surface area contributed by atoms with Gasteiger partial charge in [-0.1, -0.05) is 6.07 Å². The molecule has 3 heterocycles. The second-order valence-corrected chi connectivity index (χ2v) is 10.2. The van der Waals surface area contributed by atoms with E-state index < -0.39 is 0 Å². The van der Waals surface area contributed by atoms with Crippen molar-refractivity contribution in [3.8, 4) is 5.75 Å². The SMILES string of the molecule is COc1ccc(N2C(=O)c3cccc(N4CCCC(C(=O)NC(C)c5csc(C)n5)C4)c3C2=O)cc1. The number of aryl methyl sites for hydroxylation is 1. The summed E-state index contributed by atoms with van der Waals surface area (Å²) in [6, 6.07) is 12.0. The number of nitrogens with one attached hydrogen (secondary N) is 1. The normalized spacial score (nSPS) is 18.2. The molecule has 0 spiro atoms. The van der Waals surface area contributed by atoms with Gasteiger partial charge in [-0.15, -0.1) is 11.3 Å². The number of carbonyl (C=O) groups is 3. The van der Waals surface area contributed by atoms with Gasteiger partial charge in [0.25, 0.3) is 11.8 Å². The van der Waals surface area contributed by atoms with Crippen LogP contribution in [0.4, 0.5) is 11.4 Å². The molecule has 2 aliphatic rings. The first kappa shape index (κ1) is 24.0. The molecule has 3 amide bonds. The first-order valence-corrected chi connectivity index (χ1v) is 12.9. The lowest BCUT2D eigenvalue weighted by atomic mass is 9.95. The minimum Gasteiger partial charge on any atom is -0.497 e. The van der Waals surface area contributed by atoms with E-state index in [1.54, 1.807) is 54.8 Å². The first-order valence-electron chi connectivity index (χ1n) is 12.0. The molecule has 9 heteroatoms. The fourth-order valence-electron chi connectivity index (χ4n) is 4.89. The summed E-state index contributed by atoms with van der Waals surface area (Å²) in [5.41, 5.74) is 2.83. The third-order valence-corrected chi connectivity index (χ3v) is 7.59. The molecule has 36 heavy (non-hydrogen) atoms. The Bertz CT molecular complexity index is 1320. The lowest BCUT2D eigenvalue weighted by Crippen LogP contribution is -2.44. The third-order valence-electron chi connectivity index (χ3n) is 6.80. The van der Waals surface area contributed by atoms with E-state index in [0.29, 0.717) is 41.3 Å². The van der Waals surface area contributed by atoms with Crippen LogP contribution < -0.4 is 19.9 Å². The highest BCUT2D eigenvalue weighted by Gasteiger charge is 2.40. The van der Waals surface area contributed by atoms with Crippen molar-refractivity contribution in [3.63, 3.8) is 0 Å². The van der Waals surface area contributed by atoms with E-state index in [4.69, 9.17) is 4.74 Å². The number of hydrogen-bond donors (Lipinski definition) is 1. The number of thiazole rings is 1. The number of amides is 3. The largest absolute Gasteiger partial charge is 0.497 e. The fraction of sp³-hybridized carbons (Fsp3) is 0.333. The quantitative estimate of drug-likeness (QED) is 0.502. The number of fused-ring (bicyclic) bond motifs is 1. The molecule has 0 saturated carbocycles. The average molecular weight is 505 g/mol. The molecule has 1 saturated heterocycles. The Morgan fingerprint density at radius 2 is 1.94 bits per heavy atom. The highest BCUT2D eigenvalue weighted by Crippen LogP contribution is 2.36. The summed E-state index contributed by atoms with van der Waals surface area (Å²) in [6.45, 7) is 5.08. The number of methoxy groups -OCH3 is 1. The van der Waals surface area contributed by atoms with Crippen molar-refractivity contribution in [2.24, 2.45) is 5.92 Å². The molecular formula is C27H28N4O4S. The number of ether oxygens (including phenoxy) is 1. The van der Waals surface area contributed by atoms with Gasteiger partial charge in [-0.25, -0.2) is 9.88 Å². The molecule has 0 aliphatic carbocycles. The van der Waals surface area contributed by atoms with Gasteiger partial charge in [-0.2, -0.15) is 0 Å². The van der Waals surface area contributed by atoms with E-state index in [-0.39, 0.29) is 29.7 Å². The van der Waals surface area contributed by atoms with Crippen molar-refractivity contribution >= 4 is 40.4 Å². The van der Waals surface area contributed by atoms with E-state index >= 15 is 0 Å². The summed E-state index contributed by atoms with van der Waals surface area (Å²) in [5, 5.41) is 6.03. The van der Waals surface area contributed by atoms with Gasteiger partial charge in [0, 0.05) is 18.5 Å². The van der Waals surface area contributed by atoms with Crippen molar-refractivity contribution in [1.82, 2.24) is 10.3 Å². The fourth-order valence-corrected chi connectivity index (χ4v) is 5.60. The summed E-state index contributed by atoms with van der Waals surface area (Å²) in [6.07, 6.45) is 1.58. The van der Waals surface area contributed by atoms with Crippen LogP contribution in [0.2, 0.25) is 0 Å². The molecule has 2 aromatic carbocycles. The highest BCUT2D eigenvalue weighted by molar-refractivity contribution is 7.09. The summed E-state index contributed by atoms with van der Waals surface area (Å²) in [4.78, 5) is 47.6. The maximum absolute atomic E-state index is 13.5. The molecule has 2 unspecified atom stereocenters. The second kappa shape index (κ2) is 9.73. The summed E-state index contributed by atoms with van der Waals surface area (Å²) in [5.74, 6) is -0.294. The number of carbonyl (C=O) groups excluding carboxylic acids is 3. The smallest absolute Gasteiger partial charge is 0.268 e. The molecule has 8 nitrogen and oxygen atoms in total. The molecule has 3 aromatic rings. The Hall–Kier alpha value is -3.72. The minimum atomic E-state index is -0.352. The van der Waals surface area contributed by atoms with Gasteiger partial charge in [0.15, 0.2) is 0 Å². The number of anilines is 2. The molecule has 2 atom stereocenters. The van der Waals surface area contributed by atoms with Crippen molar-refractivity contribution in [2.75, 3.05) is 30.0 Å². The number of aromatic nitrogens is 1. The zero-order chi connectivity index (χ0) is 25.4. The topological polar surface area (TPSA) is 91.8 Å². The Labute approximate surface area is 213 Å².